The third-order valence-electron chi connectivity index (χ3n) is 2.67. The number of rotatable bonds is 1. The maximum absolute atomic E-state index is 6.24. The van der Waals surface area contributed by atoms with Crippen LogP contribution < -0.4 is 0 Å². The zero-order valence-electron chi connectivity index (χ0n) is 8.97. The summed E-state index contributed by atoms with van der Waals surface area (Å²) in [5.41, 5.74) is 1.18. The van der Waals surface area contributed by atoms with Crippen molar-refractivity contribution in [3.63, 3.8) is 0 Å². The Morgan fingerprint density at radius 2 is 1.41 bits per heavy atom. The molecule has 0 spiro atoms. The van der Waals surface area contributed by atoms with Crippen LogP contribution >= 0.6 is 46.4 Å². The van der Waals surface area contributed by atoms with Crippen LogP contribution in [-0.2, 0) is 0 Å². The second-order valence-corrected chi connectivity index (χ2v) is 7.03. The third-order valence-corrected chi connectivity index (χ3v) is 4.14. The minimum atomic E-state index is -1.09. The lowest BCUT2D eigenvalue weighted by Gasteiger charge is -2.35. The molecule has 0 unspecified atom stereocenters. The maximum Gasteiger partial charge on any atom is 0.159 e. The molecule has 0 radical (unpaired) electrons. The molecule has 0 aliphatic heterocycles. The molecule has 0 saturated heterocycles. The summed E-state index contributed by atoms with van der Waals surface area (Å²) in [6, 6.07) is 9.39. The number of hydrogen-bond donors (Lipinski definition) is 0. The van der Waals surface area contributed by atoms with Gasteiger partial charge < -0.3 is 0 Å². The molecule has 0 heterocycles. The predicted molar refractivity (Wildman–Crippen MR) is 76.3 cm³/mol. The van der Waals surface area contributed by atoms with Gasteiger partial charge in [-0.3, -0.25) is 4.99 Å². The van der Waals surface area contributed by atoms with E-state index in [1.165, 1.54) is 0 Å². The van der Waals surface area contributed by atoms with Gasteiger partial charge in [0.1, 0.15) is 0 Å². The van der Waals surface area contributed by atoms with Gasteiger partial charge in [0.15, 0.2) is 8.67 Å². The van der Waals surface area contributed by atoms with Crippen LogP contribution in [0.25, 0.3) is 0 Å². The van der Waals surface area contributed by atoms with Gasteiger partial charge in [-0.05, 0) is 31.4 Å². The second-order valence-electron chi connectivity index (χ2n) is 4.06. The molecule has 17 heavy (non-hydrogen) atoms. The molecule has 92 valence electrons. The molecule has 0 atom stereocenters. The van der Waals surface area contributed by atoms with Crippen LogP contribution in [0.15, 0.2) is 35.3 Å². The molecule has 2 rings (SSSR count). The SMILES string of the molecule is ClC1(Cl)CCCC(Cl)(Cl)C1=Nc1ccccc1. The van der Waals surface area contributed by atoms with Gasteiger partial charge in [0, 0.05) is 0 Å². The van der Waals surface area contributed by atoms with Crippen molar-refractivity contribution < 1.29 is 0 Å². The Morgan fingerprint density at radius 3 is 1.94 bits per heavy atom. The normalized spacial score (nSPS) is 22.2. The minimum absolute atomic E-state index is 0.425. The topological polar surface area (TPSA) is 12.4 Å². The maximum atomic E-state index is 6.24. The number of nitrogens with zero attached hydrogens (tertiary/aromatic N) is 1. The van der Waals surface area contributed by atoms with Gasteiger partial charge in [0.05, 0.1) is 11.4 Å². The van der Waals surface area contributed by atoms with Crippen molar-refractivity contribution in [3.05, 3.63) is 30.3 Å². The zero-order valence-corrected chi connectivity index (χ0v) is 12.0. The van der Waals surface area contributed by atoms with Crippen molar-refractivity contribution in [1.29, 1.82) is 0 Å². The Morgan fingerprint density at radius 1 is 0.882 bits per heavy atom. The number of halogens is 4. The molecule has 1 nitrogen and oxygen atoms in total. The highest BCUT2D eigenvalue weighted by molar-refractivity contribution is 6.69. The van der Waals surface area contributed by atoms with Crippen molar-refractivity contribution >= 4 is 57.8 Å². The molecule has 0 aromatic heterocycles. The van der Waals surface area contributed by atoms with Gasteiger partial charge in [-0.15, -0.1) is 0 Å². The monoisotopic (exact) mass is 309 g/mol. The fraction of sp³-hybridized carbons (Fsp3) is 0.417. The van der Waals surface area contributed by atoms with Crippen LogP contribution in [-0.4, -0.2) is 14.4 Å². The minimum Gasteiger partial charge on any atom is -0.251 e. The summed E-state index contributed by atoms with van der Waals surface area (Å²) in [5, 5.41) is 0. The Hall–Kier alpha value is 0.0500. The van der Waals surface area contributed by atoms with Crippen LogP contribution in [0.5, 0.6) is 0 Å². The van der Waals surface area contributed by atoms with Crippen LogP contribution in [0.4, 0.5) is 5.69 Å². The summed E-state index contributed by atoms with van der Waals surface area (Å²) in [4.78, 5) is 4.41. The molecule has 5 heteroatoms. The predicted octanol–water partition coefficient (Wildman–Crippen LogP) is 5.29. The van der Waals surface area contributed by atoms with Crippen LogP contribution in [0.3, 0.4) is 0 Å². The van der Waals surface area contributed by atoms with E-state index in [9.17, 15) is 0 Å². The van der Waals surface area contributed by atoms with Gasteiger partial charge >= 0.3 is 0 Å². The molecule has 0 N–H and O–H groups in total. The van der Waals surface area contributed by atoms with Crippen molar-refractivity contribution in [2.75, 3.05) is 0 Å². The highest BCUT2D eigenvalue weighted by Gasteiger charge is 2.47. The van der Waals surface area contributed by atoms with Gasteiger partial charge in [-0.25, -0.2) is 0 Å². The number of aliphatic imine (C=N–C) groups is 1. The molecule has 0 amide bonds. The van der Waals surface area contributed by atoms with E-state index in [0.717, 1.165) is 12.1 Å². The number of benzene rings is 1. The van der Waals surface area contributed by atoms with E-state index >= 15 is 0 Å². The largest absolute Gasteiger partial charge is 0.251 e. The van der Waals surface area contributed by atoms with Gasteiger partial charge in [0.2, 0.25) is 0 Å². The van der Waals surface area contributed by atoms with Gasteiger partial charge in [-0.2, -0.15) is 0 Å². The third kappa shape index (κ3) is 3.08. The van der Waals surface area contributed by atoms with Gasteiger partial charge in [0.25, 0.3) is 0 Å². The molecule has 0 bridgehead atoms. The summed E-state index contributed by atoms with van der Waals surface area (Å²) < 4.78 is -2.17. The van der Waals surface area contributed by atoms with Gasteiger partial charge in [-0.1, -0.05) is 64.6 Å². The first kappa shape index (κ1) is 13.5. The smallest absolute Gasteiger partial charge is 0.159 e. The Balaban J connectivity index is 2.42. The average molecular weight is 311 g/mol. The standard InChI is InChI=1S/C12H11Cl4N/c13-11(14)7-4-8-12(15,16)10(11)17-9-5-2-1-3-6-9/h1-3,5-6H,4,7-8H2. The first-order chi connectivity index (χ1) is 7.92. The molecule has 1 fully saturated rings. The molecular weight excluding hydrogens is 300 g/mol. The fourth-order valence-corrected chi connectivity index (χ4v) is 3.37. The summed E-state index contributed by atoms with van der Waals surface area (Å²) in [5.74, 6) is 0. The van der Waals surface area contributed by atoms with Crippen LogP contribution in [0.1, 0.15) is 19.3 Å². The summed E-state index contributed by atoms with van der Waals surface area (Å²) in [7, 11) is 0. The van der Waals surface area contributed by atoms with Crippen molar-refractivity contribution in [3.8, 4) is 0 Å². The molecular formula is C12H11Cl4N. The Kier molecular flexibility index (Phi) is 3.94. The number of hydrogen-bond acceptors (Lipinski definition) is 1. The first-order valence-electron chi connectivity index (χ1n) is 5.32. The highest BCUT2D eigenvalue weighted by Crippen LogP contribution is 2.46. The summed E-state index contributed by atoms with van der Waals surface area (Å²) in [6.45, 7) is 0. The van der Waals surface area contributed by atoms with E-state index in [0.29, 0.717) is 18.6 Å². The van der Waals surface area contributed by atoms with E-state index in [1.54, 1.807) is 0 Å². The van der Waals surface area contributed by atoms with Crippen molar-refractivity contribution in [2.45, 2.75) is 27.9 Å². The van der Waals surface area contributed by atoms with E-state index in [-0.39, 0.29) is 0 Å². The van der Waals surface area contributed by atoms with Crippen LogP contribution in [0, 0.1) is 0 Å². The molecule has 1 aliphatic carbocycles. The lowest BCUT2D eigenvalue weighted by molar-refractivity contribution is 0.626. The van der Waals surface area contributed by atoms with E-state index in [1.807, 2.05) is 30.3 Å². The lowest BCUT2D eigenvalue weighted by atomic mass is 9.96. The summed E-state index contributed by atoms with van der Waals surface area (Å²) in [6.07, 6.45) is 2.01. The quantitative estimate of drug-likeness (QED) is 0.625. The zero-order chi connectivity index (χ0) is 12.5. The number of alkyl halides is 4. The molecule has 1 aliphatic rings. The number of para-hydroxylation sites is 1. The Labute approximate surface area is 121 Å². The van der Waals surface area contributed by atoms with E-state index in [2.05, 4.69) is 4.99 Å². The first-order valence-corrected chi connectivity index (χ1v) is 6.83. The molecule has 1 aromatic carbocycles. The second kappa shape index (κ2) is 4.97. The molecule has 1 aromatic rings. The summed E-state index contributed by atoms with van der Waals surface area (Å²) >= 11 is 25.0. The Bertz CT molecular complexity index is 407. The van der Waals surface area contributed by atoms with Crippen molar-refractivity contribution in [2.24, 2.45) is 4.99 Å². The molecule has 1 saturated carbocycles. The van der Waals surface area contributed by atoms with E-state index in [4.69, 9.17) is 46.4 Å². The lowest BCUT2D eigenvalue weighted by Crippen LogP contribution is -2.43. The highest BCUT2D eigenvalue weighted by atomic mass is 35.5. The fourth-order valence-electron chi connectivity index (χ4n) is 1.83. The van der Waals surface area contributed by atoms with Crippen molar-refractivity contribution in [1.82, 2.24) is 0 Å². The average Bonchev–Trinajstić information content (AvgIpc) is 2.25. The van der Waals surface area contributed by atoms with Crippen LogP contribution in [0.2, 0.25) is 0 Å². The van der Waals surface area contributed by atoms with E-state index < -0.39 is 8.67 Å².